The van der Waals surface area contributed by atoms with E-state index in [0.29, 0.717) is 17.3 Å². The third-order valence-corrected chi connectivity index (χ3v) is 9.22. The van der Waals surface area contributed by atoms with Crippen molar-refractivity contribution in [2.75, 3.05) is 24.0 Å². The molecule has 0 saturated heterocycles. The normalized spacial score (nSPS) is 16.6. The van der Waals surface area contributed by atoms with Crippen LogP contribution in [0.15, 0.2) is 66.7 Å². The summed E-state index contributed by atoms with van der Waals surface area (Å²) in [4.78, 5) is 28.9. The summed E-state index contributed by atoms with van der Waals surface area (Å²) in [5.74, 6) is 1.84. The smallest absolute Gasteiger partial charge is 0.240 e. The summed E-state index contributed by atoms with van der Waals surface area (Å²) < 4.78 is 13.2. The Hall–Kier alpha value is -4.24. The molecule has 0 bridgehead atoms. The molecule has 0 spiro atoms. The van der Waals surface area contributed by atoms with Gasteiger partial charge in [0.1, 0.15) is 12.4 Å². The van der Waals surface area contributed by atoms with Crippen molar-refractivity contribution in [3.05, 3.63) is 89.0 Å². The van der Waals surface area contributed by atoms with Crippen LogP contribution in [0.25, 0.3) is 16.9 Å². The standard InChI is InChI=1S/C33H34N4O4S/c1-5-21(3)34-28(38)17-36-29(39)18-42-32(24-14-15-26-27(16-24)41-19-40-26)30-31(23-11-7-6-8-12-23)35-37(33(30)36)25-13-9-10-20(2)22(25)4/h6-16,21,32H,5,17-19H2,1-4H3,(H,34,38)/t21-,32+/m0/s1. The number of thioether (sulfide) groups is 1. The van der Waals surface area contributed by atoms with E-state index in [2.05, 4.69) is 25.2 Å². The first kappa shape index (κ1) is 27.9. The van der Waals surface area contributed by atoms with Gasteiger partial charge in [-0.2, -0.15) is 5.10 Å². The first-order valence-electron chi connectivity index (χ1n) is 14.2. The van der Waals surface area contributed by atoms with Gasteiger partial charge in [-0.3, -0.25) is 14.5 Å². The Labute approximate surface area is 250 Å². The number of rotatable bonds is 7. The first-order valence-corrected chi connectivity index (χ1v) is 15.3. The minimum absolute atomic E-state index is 0.00128. The Morgan fingerprint density at radius 1 is 1.07 bits per heavy atom. The van der Waals surface area contributed by atoms with Crippen LogP contribution < -0.4 is 19.7 Å². The average molecular weight is 583 g/mol. The van der Waals surface area contributed by atoms with Crippen molar-refractivity contribution in [2.45, 2.75) is 45.4 Å². The van der Waals surface area contributed by atoms with Gasteiger partial charge in [-0.05, 0) is 62.1 Å². The van der Waals surface area contributed by atoms with Crippen molar-refractivity contribution in [1.82, 2.24) is 15.1 Å². The molecule has 0 unspecified atom stereocenters. The van der Waals surface area contributed by atoms with Crippen LogP contribution in [0.5, 0.6) is 11.5 Å². The van der Waals surface area contributed by atoms with E-state index in [0.717, 1.165) is 45.6 Å². The Balaban J connectivity index is 1.62. The van der Waals surface area contributed by atoms with Crippen molar-refractivity contribution >= 4 is 29.4 Å². The lowest BCUT2D eigenvalue weighted by Crippen LogP contribution is -2.44. The maximum absolute atomic E-state index is 14.0. The molecule has 0 radical (unpaired) electrons. The van der Waals surface area contributed by atoms with E-state index in [1.165, 1.54) is 11.8 Å². The topological polar surface area (TPSA) is 85.7 Å². The van der Waals surface area contributed by atoms with E-state index in [1.54, 1.807) is 4.90 Å². The summed E-state index contributed by atoms with van der Waals surface area (Å²) in [5, 5.41) is 8.00. The summed E-state index contributed by atoms with van der Waals surface area (Å²) in [6.45, 7) is 8.19. The third kappa shape index (κ3) is 5.13. The number of nitrogens with zero attached hydrogens (tertiary/aromatic N) is 3. The predicted octanol–water partition coefficient (Wildman–Crippen LogP) is 5.97. The highest BCUT2D eigenvalue weighted by Gasteiger charge is 2.38. The number of aryl methyl sites for hydroxylation is 1. The fraction of sp³-hybridized carbons (Fsp3) is 0.303. The minimum atomic E-state index is -0.254. The number of hydrogen-bond donors (Lipinski definition) is 1. The maximum atomic E-state index is 14.0. The molecule has 0 aliphatic carbocycles. The Kier molecular flexibility index (Phi) is 7.68. The highest BCUT2D eigenvalue weighted by Crippen LogP contribution is 2.50. The summed E-state index contributed by atoms with van der Waals surface area (Å²) >= 11 is 1.53. The summed E-state index contributed by atoms with van der Waals surface area (Å²) in [5.41, 5.74) is 6.59. The van der Waals surface area contributed by atoms with Crippen LogP contribution in [0.1, 0.15) is 47.8 Å². The number of benzene rings is 3. The fourth-order valence-electron chi connectivity index (χ4n) is 5.37. The highest BCUT2D eigenvalue weighted by molar-refractivity contribution is 8.00. The first-order chi connectivity index (χ1) is 20.4. The molecule has 1 N–H and O–H groups in total. The number of hydrogen-bond acceptors (Lipinski definition) is 6. The molecule has 216 valence electrons. The Bertz CT molecular complexity index is 1650. The molecule has 3 heterocycles. The molecule has 42 heavy (non-hydrogen) atoms. The van der Waals surface area contributed by atoms with Crippen LogP contribution >= 0.6 is 11.8 Å². The molecule has 8 nitrogen and oxygen atoms in total. The second kappa shape index (κ2) is 11.6. The molecule has 4 aromatic rings. The largest absolute Gasteiger partial charge is 0.454 e. The molecule has 2 aliphatic rings. The van der Waals surface area contributed by atoms with Gasteiger partial charge in [0.2, 0.25) is 18.6 Å². The van der Waals surface area contributed by atoms with E-state index in [-0.39, 0.29) is 42.2 Å². The molecule has 0 fully saturated rings. The van der Waals surface area contributed by atoms with Gasteiger partial charge in [0.05, 0.1) is 22.4 Å². The van der Waals surface area contributed by atoms with Gasteiger partial charge in [0.15, 0.2) is 11.5 Å². The zero-order chi connectivity index (χ0) is 29.4. The van der Waals surface area contributed by atoms with E-state index < -0.39 is 0 Å². The summed E-state index contributed by atoms with van der Waals surface area (Å²) in [6, 6.07) is 22.0. The van der Waals surface area contributed by atoms with Gasteiger partial charge in [0, 0.05) is 17.2 Å². The second-order valence-electron chi connectivity index (χ2n) is 10.7. The minimum Gasteiger partial charge on any atom is -0.454 e. The Morgan fingerprint density at radius 3 is 2.64 bits per heavy atom. The van der Waals surface area contributed by atoms with Crippen molar-refractivity contribution in [3.8, 4) is 28.4 Å². The van der Waals surface area contributed by atoms with E-state index >= 15 is 0 Å². The maximum Gasteiger partial charge on any atom is 0.240 e. The van der Waals surface area contributed by atoms with Gasteiger partial charge in [-0.25, -0.2) is 4.68 Å². The van der Waals surface area contributed by atoms with Gasteiger partial charge in [-0.1, -0.05) is 55.5 Å². The lowest BCUT2D eigenvalue weighted by molar-refractivity contribution is -0.123. The molecule has 2 aliphatic heterocycles. The van der Waals surface area contributed by atoms with Crippen molar-refractivity contribution in [3.63, 3.8) is 0 Å². The zero-order valence-corrected chi connectivity index (χ0v) is 25.0. The summed E-state index contributed by atoms with van der Waals surface area (Å²) in [7, 11) is 0. The quantitative estimate of drug-likeness (QED) is 0.289. The van der Waals surface area contributed by atoms with E-state index in [1.807, 2.05) is 79.2 Å². The van der Waals surface area contributed by atoms with Crippen LogP contribution in [0, 0.1) is 13.8 Å². The second-order valence-corrected chi connectivity index (χ2v) is 11.8. The van der Waals surface area contributed by atoms with Gasteiger partial charge < -0.3 is 14.8 Å². The van der Waals surface area contributed by atoms with Crippen LogP contribution in [0.4, 0.5) is 5.82 Å². The molecule has 3 aromatic carbocycles. The molecule has 2 amide bonds. The molecular weight excluding hydrogens is 548 g/mol. The summed E-state index contributed by atoms with van der Waals surface area (Å²) in [6.07, 6.45) is 0.797. The number of carbonyl (C=O) groups excluding carboxylic acids is 2. The SMILES string of the molecule is CC[C@H](C)NC(=O)CN1C(=O)CS[C@H](c2ccc3c(c2)OCO3)c2c(-c3ccccc3)nn(-c3cccc(C)c3C)c21. The molecule has 1 aromatic heterocycles. The molecule has 9 heteroatoms. The third-order valence-electron chi connectivity index (χ3n) is 7.96. The average Bonchev–Trinajstić information content (AvgIpc) is 3.59. The lowest BCUT2D eigenvalue weighted by atomic mass is 9.99. The van der Waals surface area contributed by atoms with Crippen molar-refractivity contribution in [1.29, 1.82) is 0 Å². The van der Waals surface area contributed by atoms with Crippen LogP contribution in [0.3, 0.4) is 0 Å². The lowest BCUT2D eigenvalue weighted by Gasteiger charge is -2.24. The molecular formula is C33H34N4O4S. The van der Waals surface area contributed by atoms with Crippen LogP contribution in [0.2, 0.25) is 0 Å². The number of fused-ring (bicyclic) bond motifs is 2. The zero-order valence-electron chi connectivity index (χ0n) is 24.2. The number of aromatic nitrogens is 2. The number of amides is 2. The monoisotopic (exact) mass is 582 g/mol. The van der Waals surface area contributed by atoms with Crippen LogP contribution in [-0.2, 0) is 9.59 Å². The number of anilines is 1. The molecule has 0 saturated carbocycles. The van der Waals surface area contributed by atoms with Crippen molar-refractivity contribution in [2.24, 2.45) is 0 Å². The number of ether oxygens (including phenoxy) is 2. The molecule has 6 rings (SSSR count). The number of carbonyl (C=O) groups is 2. The van der Waals surface area contributed by atoms with Gasteiger partial charge in [0.25, 0.3) is 0 Å². The fourth-order valence-corrected chi connectivity index (χ4v) is 6.55. The van der Waals surface area contributed by atoms with Gasteiger partial charge >= 0.3 is 0 Å². The predicted molar refractivity (Wildman–Crippen MR) is 166 cm³/mol. The van der Waals surface area contributed by atoms with Gasteiger partial charge in [-0.15, -0.1) is 11.8 Å². The Morgan fingerprint density at radius 2 is 1.86 bits per heavy atom. The molecule has 2 atom stereocenters. The van der Waals surface area contributed by atoms with Crippen LogP contribution in [-0.4, -0.2) is 46.7 Å². The van der Waals surface area contributed by atoms with E-state index in [4.69, 9.17) is 14.6 Å². The van der Waals surface area contributed by atoms with Crippen molar-refractivity contribution < 1.29 is 19.1 Å². The van der Waals surface area contributed by atoms with E-state index in [9.17, 15) is 9.59 Å². The number of nitrogens with one attached hydrogen (secondary N) is 1. The highest BCUT2D eigenvalue weighted by atomic mass is 32.2.